The molecule has 258 valence electrons. The Morgan fingerprint density at radius 3 is 1.09 bits per heavy atom. The Bertz CT molecular complexity index is 916. The Labute approximate surface area is 260 Å². The van der Waals surface area contributed by atoms with Gasteiger partial charge in [-0.1, -0.05) is 0 Å². The van der Waals surface area contributed by atoms with Gasteiger partial charge < -0.3 is 47.6 Å². The fraction of sp³-hybridized carbons (Fsp3) is 0.731. The van der Waals surface area contributed by atoms with E-state index in [1.165, 1.54) is 14.7 Å². The molecule has 45 heavy (non-hydrogen) atoms. The SMILES string of the molecule is NCCCC[C@@H](NC(=O)CN(CCN(CCN(CC(=O)O)CC(=O)N[C@H](CCCCN)C(=O)O)CC(=O)O)CC(=O)O)C(=O)O. The van der Waals surface area contributed by atoms with Gasteiger partial charge in [0.05, 0.1) is 32.7 Å². The first-order chi connectivity index (χ1) is 21.2. The van der Waals surface area contributed by atoms with Crippen LogP contribution in [0.1, 0.15) is 38.5 Å². The Balaban J connectivity index is 5.39. The van der Waals surface area contributed by atoms with Gasteiger partial charge in [-0.15, -0.1) is 0 Å². The molecule has 0 aromatic carbocycles. The minimum atomic E-state index is -1.29. The van der Waals surface area contributed by atoms with Gasteiger partial charge in [0.15, 0.2) is 0 Å². The molecular formula is C26H47N7O12. The zero-order valence-corrected chi connectivity index (χ0v) is 25.3. The van der Waals surface area contributed by atoms with Crippen LogP contribution < -0.4 is 22.1 Å². The van der Waals surface area contributed by atoms with Gasteiger partial charge in [0.25, 0.3) is 0 Å². The van der Waals surface area contributed by atoms with Crippen LogP contribution in [-0.4, -0.2) is 166 Å². The van der Waals surface area contributed by atoms with Crippen LogP contribution in [0.3, 0.4) is 0 Å². The molecule has 0 aromatic heterocycles. The number of carboxylic acids is 5. The van der Waals surface area contributed by atoms with Crippen LogP contribution in [-0.2, 0) is 33.6 Å². The fourth-order valence-corrected chi connectivity index (χ4v) is 4.22. The predicted molar refractivity (Wildman–Crippen MR) is 157 cm³/mol. The maximum atomic E-state index is 12.5. The highest BCUT2D eigenvalue weighted by Crippen LogP contribution is 2.03. The van der Waals surface area contributed by atoms with Crippen molar-refractivity contribution in [3.05, 3.63) is 0 Å². The molecule has 2 amide bonds. The van der Waals surface area contributed by atoms with Gasteiger partial charge in [0.1, 0.15) is 12.1 Å². The molecule has 19 heteroatoms. The first-order valence-electron chi connectivity index (χ1n) is 14.4. The summed E-state index contributed by atoms with van der Waals surface area (Å²) in [6.45, 7) is -2.46. The van der Waals surface area contributed by atoms with Crippen molar-refractivity contribution < 1.29 is 59.1 Å². The standard InChI is InChI=1S/C26H47N7O12/c27-7-3-1-5-18(25(42)43)29-20(34)13-32(16-23(38)39)11-9-31(15-22(36)37)10-12-33(17-24(40)41)14-21(35)30-19(26(44)45)6-2-4-8-28/h18-19H,1-17,27-28H2,(H,29,34)(H,30,35)(H,36,37)(H,38,39)(H,40,41)(H,42,43)(H,44,45)/t18-,19-/m1/s1. The number of hydrogen-bond acceptors (Lipinski definition) is 12. The van der Waals surface area contributed by atoms with Gasteiger partial charge in [0, 0.05) is 26.2 Å². The van der Waals surface area contributed by atoms with Crippen molar-refractivity contribution in [2.24, 2.45) is 11.5 Å². The molecule has 0 bridgehead atoms. The van der Waals surface area contributed by atoms with Crippen LogP contribution in [0.15, 0.2) is 0 Å². The predicted octanol–water partition coefficient (Wildman–Crippen LogP) is -3.46. The molecule has 0 aromatic rings. The lowest BCUT2D eigenvalue weighted by Crippen LogP contribution is -2.50. The summed E-state index contributed by atoms with van der Waals surface area (Å²) >= 11 is 0. The molecule has 19 nitrogen and oxygen atoms in total. The number of aliphatic carboxylic acids is 5. The summed E-state index contributed by atoms with van der Waals surface area (Å²) in [5.41, 5.74) is 10.8. The number of hydrogen-bond donors (Lipinski definition) is 9. The van der Waals surface area contributed by atoms with Crippen LogP contribution in [0.2, 0.25) is 0 Å². The van der Waals surface area contributed by atoms with Crippen LogP contribution in [0.4, 0.5) is 0 Å². The Morgan fingerprint density at radius 2 is 0.800 bits per heavy atom. The molecule has 2 atom stereocenters. The smallest absolute Gasteiger partial charge is 0.326 e. The van der Waals surface area contributed by atoms with Crippen molar-refractivity contribution in [2.75, 3.05) is 72.0 Å². The highest BCUT2D eigenvalue weighted by atomic mass is 16.4. The Hall–Kier alpha value is -3.91. The molecule has 0 saturated carbocycles. The Kier molecular flexibility index (Phi) is 21.4. The van der Waals surface area contributed by atoms with E-state index >= 15 is 0 Å². The summed E-state index contributed by atoms with van der Waals surface area (Å²) in [5, 5.41) is 51.4. The zero-order chi connectivity index (χ0) is 34.4. The van der Waals surface area contributed by atoms with Crippen LogP contribution in [0.5, 0.6) is 0 Å². The Morgan fingerprint density at radius 1 is 0.489 bits per heavy atom. The third-order valence-electron chi connectivity index (χ3n) is 6.44. The summed E-state index contributed by atoms with van der Waals surface area (Å²) < 4.78 is 0. The van der Waals surface area contributed by atoms with E-state index in [4.69, 9.17) is 11.5 Å². The lowest BCUT2D eigenvalue weighted by molar-refractivity contribution is -0.143. The summed E-state index contributed by atoms with van der Waals surface area (Å²) in [7, 11) is 0. The van der Waals surface area contributed by atoms with Gasteiger partial charge >= 0.3 is 29.8 Å². The average molecular weight is 650 g/mol. The number of unbranched alkanes of at least 4 members (excludes halogenated alkanes) is 2. The molecule has 0 aliphatic heterocycles. The minimum Gasteiger partial charge on any atom is -0.480 e. The average Bonchev–Trinajstić information content (AvgIpc) is 2.92. The fourth-order valence-electron chi connectivity index (χ4n) is 4.22. The number of carboxylic acid groups (broad SMARTS) is 5. The van der Waals surface area contributed by atoms with Gasteiger partial charge in [-0.3, -0.25) is 38.7 Å². The largest absolute Gasteiger partial charge is 0.480 e. The maximum Gasteiger partial charge on any atom is 0.326 e. The van der Waals surface area contributed by atoms with Crippen LogP contribution in [0, 0.1) is 0 Å². The van der Waals surface area contributed by atoms with Gasteiger partial charge in [0.2, 0.25) is 11.8 Å². The van der Waals surface area contributed by atoms with E-state index < -0.39 is 86.5 Å². The second-order valence-corrected chi connectivity index (χ2v) is 10.4. The number of carbonyl (C=O) groups excluding carboxylic acids is 2. The van der Waals surface area contributed by atoms with E-state index in [0.29, 0.717) is 38.8 Å². The molecule has 0 rings (SSSR count). The summed E-state index contributed by atoms with van der Waals surface area (Å²) in [4.78, 5) is 86.1. The molecule has 0 spiro atoms. The first-order valence-corrected chi connectivity index (χ1v) is 14.4. The highest BCUT2D eigenvalue weighted by molar-refractivity contribution is 5.85. The monoisotopic (exact) mass is 649 g/mol. The first kappa shape index (κ1) is 41.1. The van der Waals surface area contributed by atoms with Crippen molar-refractivity contribution in [1.82, 2.24) is 25.3 Å². The normalized spacial score (nSPS) is 12.6. The molecule has 0 unspecified atom stereocenters. The van der Waals surface area contributed by atoms with Crippen molar-refractivity contribution in [2.45, 2.75) is 50.6 Å². The van der Waals surface area contributed by atoms with E-state index in [2.05, 4.69) is 10.6 Å². The summed E-state index contributed by atoms with van der Waals surface area (Å²) in [6.07, 6.45) is 2.26. The van der Waals surface area contributed by atoms with Crippen LogP contribution in [0.25, 0.3) is 0 Å². The molecule has 0 radical (unpaired) electrons. The number of nitrogens with two attached hydrogens (primary N) is 2. The van der Waals surface area contributed by atoms with Crippen molar-refractivity contribution in [3.63, 3.8) is 0 Å². The van der Waals surface area contributed by atoms with Crippen LogP contribution >= 0.6 is 0 Å². The lowest BCUT2D eigenvalue weighted by atomic mass is 10.1. The zero-order valence-electron chi connectivity index (χ0n) is 25.3. The molecule has 0 fully saturated rings. The topological polar surface area (TPSA) is 306 Å². The molecule has 0 aliphatic carbocycles. The quantitative estimate of drug-likeness (QED) is 0.0372. The van der Waals surface area contributed by atoms with Crippen molar-refractivity contribution in [1.29, 1.82) is 0 Å². The number of rotatable bonds is 28. The molecular weight excluding hydrogens is 602 g/mol. The number of nitrogens with one attached hydrogen (secondary N) is 2. The second kappa shape index (κ2) is 23.5. The lowest BCUT2D eigenvalue weighted by Gasteiger charge is -2.28. The molecule has 0 heterocycles. The minimum absolute atomic E-state index is 0.0823. The third-order valence-corrected chi connectivity index (χ3v) is 6.44. The van der Waals surface area contributed by atoms with E-state index in [-0.39, 0.29) is 39.0 Å². The number of amides is 2. The summed E-state index contributed by atoms with van der Waals surface area (Å²) in [5.74, 6) is -7.84. The van der Waals surface area contributed by atoms with E-state index in [1.807, 2.05) is 0 Å². The second-order valence-electron chi connectivity index (χ2n) is 10.4. The van der Waals surface area contributed by atoms with Gasteiger partial charge in [-0.25, -0.2) is 9.59 Å². The maximum absolute atomic E-state index is 12.5. The van der Waals surface area contributed by atoms with E-state index in [1.54, 1.807) is 0 Å². The molecule has 0 aliphatic rings. The van der Waals surface area contributed by atoms with E-state index in [9.17, 15) is 59.1 Å². The van der Waals surface area contributed by atoms with E-state index in [0.717, 1.165) is 0 Å². The van der Waals surface area contributed by atoms with Crippen molar-refractivity contribution >= 4 is 41.7 Å². The number of nitrogens with zero attached hydrogens (tertiary/aromatic N) is 3. The summed E-state index contributed by atoms with van der Waals surface area (Å²) in [6, 6.07) is -2.40. The van der Waals surface area contributed by atoms with Gasteiger partial charge in [-0.2, -0.15) is 0 Å². The highest BCUT2D eigenvalue weighted by Gasteiger charge is 2.24. The number of carbonyl (C=O) groups is 7. The molecule has 11 N–H and O–H groups in total. The van der Waals surface area contributed by atoms with Crippen molar-refractivity contribution in [3.8, 4) is 0 Å². The van der Waals surface area contributed by atoms with Gasteiger partial charge in [-0.05, 0) is 51.6 Å². The molecule has 0 saturated heterocycles. The third kappa shape index (κ3) is 21.4.